The first-order chi connectivity index (χ1) is 20.9. The van der Waals surface area contributed by atoms with E-state index in [9.17, 15) is 19.8 Å². The third-order valence-corrected chi connectivity index (χ3v) is 6.28. The summed E-state index contributed by atoms with van der Waals surface area (Å²) in [4.78, 5) is 37.8. The van der Waals surface area contributed by atoms with E-state index in [4.69, 9.17) is 14.2 Å². The average Bonchev–Trinajstić information content (AvgIpc) is 3.44. The van der Waals surface area contributed by atoms with Crippen LogP contribution in [-0.4, -0.2) is 81.5 Å². The number of fused-ring (bicyclic) bond motifs is 1. The molecule has 0 saturated carbocycles. The van der Waals surface area contributed by atoms with Gasteiger partial charge in [-0.1, -0.05) is 36.4 Å². The number of aliphatic hydroxyl groups excluding tert-OH is 1. The first-order valence-corrected chi connectivity index (χ1v) is 14.2. The number of aromatic nitrogens is 3. The Kier molecular flexibility index (Phi) is 10.7. The van der Waals surface area contributed by atoms with Crippen molar-refractivity contribution in [3.8, 4) is 5.88 Å². The number of nitrogens with one attached hydrogen (secondary N) is 3. The number of aliphatic hydroxyl groups is 1. The number of benzene rings is 1. The first kappa shape index (κ1) is 31.5. The molecule has 3 aromatic rings. The number of carboxylic acid groups (broad SMARTS) is 1. The van der Waals surface area contributed by atoms with Gasteiger partial charge >= 0.3 is 12.0 Å². The maximum Gasteiger partial charge on any atom is 0.341 e. The van der Waals surface area contributed by atoms with Crippen LogP contribution in [0.15, 0.2) is 61.1 Å². The van der Waals surface area contributed by atoms with Gasteiger partial charge in [-0.3, -0.25) is 15.0 Å². The molecule has 1 aromatic carbocycles. The number of anilines is 3. The zero-order chi connectivity index (χ0) is 30.8. The number of carbonyl (C=O) groups excluding carboxylic acids is 1. The summed E-state index contributed by atoms with van der Waals surface area (Å²) in [7, 11) is 0. The zero-order valence-electron chi connectivity index (χ0n) is 23.5. The molecular formula is C28H33N7O7S. The van der Waals surface area contributed by atoms with Crippen LogP contribution in [0.5, 0.6) is 5.88 Å². The summed E-state index contributed by atoms with van der Waals surface area (Å²) in [5.74, 6) is -2.01. The molecule has 4 heterocycles. The number of aromatic carboxylic acids is 1. The highest BCUT2D eigenvalue weighted by Gasteiger charge is 2.55. The molecule has 1 fully saturated rings. The van der Waals surface area contributed by atoms with E-state index in [2.05, 4.69) is 43.5 Å². The Labute approximate surface area is 253 Å². The quantitative estimate of drug-likeness (QED) is 0.138. The molecule has 43 heavy (non-hydrogen) atoms. The minimum Gasteiger partial charge on any atom is -0.477 e. The number of thiol groups is 1. The predicted octanol–water partition coefficient (Wildman–Crippen LogP) is 3.02. The second-order valence-corrected chi connectivity index (χ2v) is 9.08. The van der Waals surface area contributed by atoms with Crippen LogP contribution in [0.2, 0.25) is 0 Å². The maximum absolute atomic E-state index is 12.1. The molecule has 2 aromatic heterocycles. The van der Waals surface area contributed by atoms with E-state index in [0.29, 0.717) is 18.1 Å². The van der Waals surface area contributed by atoms with E-state index < -0.39 is 30.3 Å². The van der Waals surface area contributed by atoms with Crippen molar-refractivity contribution in [1.82, 2.24) is 20.3 Å². The molecule has 0 aliphatic carbocycles. The van der Waals surface area contributed by atoms with Crippen molar-refractivity contribution in [3.05, 3.63) is 72.2 Å². The number of nitrogens with zero attached hydrogens (tertiary/aromatic N) is 4. The first-order valence-electron chi connectivity index (χ1n) is 13.3. The highest BCUT2D eigenvalue weighted by molar-refractivity contribution is 7.79. The molecule has 5 N–H and O–H groups in total. The van der Waals surface area contributed by atoms with Gasteiger partial charge in [0, 0.05) is 12.7 Å². The van der Waals surface area contributed by atoms with Crippen molar-refractivity contribution in [1.29, 1.82) is 0 Å². The molecule has 2 aliphatic rings. The number of carbonyl (C=O) groups is 2. The molecule has 1 saturated heterocycles. The van der Waals surface area contributed by atoms with Gasteiger partial charge in [0.1, 0.15) is 30.3 Å². The van der Waals surface area contributed by atoms with Crippen LogP contribution in [0, 0.1) is 0 Å². The van der Waals surface area contributed by atoms with Gasteiger partial charge in [0.25, 0.3) is 5.91 Å². The van der Waals surface area contributed by atoms with Crippen LogP contribution in [0.4, 0.5) is 22.1 Å². The number of urea groups is 1. The van der Waals surface area contributed by atoms with E-state index in [1.165, 1.54) is 30.7 Å². The Balaban J connectivity index is 0.00000207. The molecule has 0 spiro atoms. The lowest BCUT2D eigenvalue weighted by Crippen LogP contribution is -2.66. The van der Waals surface area contributed by atoms with Crippen molar-refractivity contribution in [3.63, 3.8) is 0 Å². The van der Waals surface area contributed by atoms with Crippen LogP contribution in [-0.2, 0) is 9.47 Å². The van der Waals surface area contributed by atoms with Crippen molar-refractivity contribution >= 4 is 48.0 Å². The van der Waals surface area contributed by atoms with Crippen LogP contribution < -0.4 is 25.6 Å². The van der Waals surface area contributed by atoms with Gasteiger partial charge < -0.3 is 30.3 Å². The Bertz CT molecular complexity index is 1420. The van der Waals surface area contributed by atoms with Gasteiger partial charge in [-0.05, 0) is 37.0 Å². The summed E-state index contributed by atoms with van der Waals surface area (Å²) < 4.78 is 17.9. The Morgan fingerprint density at radius 2 is 2.00 bits per heavy atom. The Morgan fingerprint density at radius 3 is 2.72 bits per heavy atom. The topological polar surface area (TPSA) is 180 Å². The lowest BCUT2D eigenvalue weighted by molar-refractivity contribution is -0.373. The molecule has 3 atom stereocenters. The number of hydrogen-bond acceptors (Lipinski definition) is 12. The lowest BCUT2D eigenvalue weighted by atomic mass is 10.1. The summed E-state index contributed by atoms with van der Waals surface area (Å²) in [6.07, 6.45) is 5.98. The highest BCUT2D eigenvalue weighted by Crippen LogP contribution is 2.46. The molecule has 0 bridgehead atoms. The summed E-state index contributed by atoms with van der Waals surface area (Å²) in [6, 6.07) is 11.9. The zero-order valence-corrected chi connectivity index (χ0v) is 24.4. The second-order valence-electron chi connectivity index (χ2n) is 9.08. The van der Waals surface area contributed by atoms with Gasteiger partial charge in [0.15, 0.2) is 17.9 Å². The monoisotopic (exact) mass is 611 g/mol. The van der Waals surface area contributed by atoms with Crippen LogP contribution >= 0.6 is 12.6 Å². The summed E-state index contributed by atoms with van der Waals surface area (Å²) >= 11 is 3.53. The van der Waals surface area contributed by atoms with E-state index in [1.807, 2.05) is 30.3 Å². The summed E-state index contributed by atoms with van der Waals surface area (Å²) in [5.41, 5.74) is 1.26. The number of hydrogen-bond donors (Lipinski definition) is 6. The predicted molar refractivity (Wildman–Crippen MR) is 162 cm³/mol. The lowest BCUT2D eigenvalue weighted by Gasteiger charge is -2.51. The molecule has 2 aliphatic heterocycles. The van der Waals surface area contributed by atoms with E-state index in [0.717, 1.165) is 5.56 Å². The second kappa shape index (κ2) is 14.6. The number of ether oxygens (including phenoxy) is 3. The molecule has 2 unspecified atom stereocenters. The number of rotatable bonds is 11. The number of carboxylic acids is 1. The van der Waals surface area contributed by atoms with Crippen molar-refractivity contribution in [2.75, 3.05) is 41.6 Å². The van der Waals surface area contributed by atoms with E-state index in [-0.39, 0.29) is 37.0 Å². The van der Waals surface area contributed by atoms with Gasteiger partial charge in [-0.15, -0.1) is 0 Å². The molecule has 14 nitrogen and oxygen atoms in total. The van der Waals surface area contributed by atoms with Crippen LogP contribution in [0.25, 0.3) is 6.08 Å². The van der Waals surface area contributed by atoms with Gasteiger partial charge in [0.2, 0.25) is 5.88 Å². The minimum atomic E-state index is -1.47. The smallest absolute Gasteiger partial charge is 0.341 e. The van der Waals surface area contributed by atoms with Crippen molar-refractivity contribution in [2.24, 2.45) is 0 Å². The highest BCUT2D eigenvalue weighted by atomic mass is 32.1. The molecule has 15 heteroatoms. The summed E-state index contributed by atoms with van der Waals surface area (Å²) in [5, 5.41) is 28.7. The molecular weight excluding hydrogens is 578 g/mol. The molecule has 2 amide bonds. The third kappa shape index (κ3) is 7.50. The number of pyridine rings is 1. The van der Waals surface area contributed by atoms with E-state index in [1.54, 1.807) is 24.2 Å². The van der Waals surface area contributed by atoms with Crippen LogP contribution in [0.1, 0.15) is 29.3 Å². The standard InChI is InChI=1S/C27H29N7O7.CH4S/c1-2-28-26(38)33-22-21-23(31-15-30-22)34(16-32-21)27(41-20(35)11-10-17-7-4-3-5-8-17)13-18(40-27)14-39-24-19(25(36)37)9-6-12-29-24;1-2/h3-12,15,18,20,32,35H,2,13-14,16H2,1H3,(H,36,37)(H2,28,30,31,33,38);2H,1H3/b11-10+;/t18?,20-,27?;/m0./s1. The van der Waals surface area contributed by atoms with Crippen molar-refractivity contribution < 1.29 is 34.0 Å². The molecule has 5 rings (SSSR count). The molecule has 228 valence electrons. The Morgan fingerprint density at radius 1 is 1.23 bits per heavy atom. The SMILES string of the molecule is CCNC(=O)Nc1ncnc2c1NCN2C1(O[C@H](O)/C=C/c2ccccc2)CC(COc2ncccc2C(=O)O)O1.CS. The maximum atomic E-state index is 12.1. The summed E-state index contributed by atoms with van der Waals surface area (Å²) in [6.45, 7) is 2.39. The van der Waals surface area contributed by atoms with Crippen molar-refractivity contribution in [2.45, 2.75) is 31.6 Å². The Hall–Kier alpha value is -4.44. The number of amides is 2. The fraction of sp³-hybridized carbons (Fsp3) is 0.321. The fourth-order valence-corrected chi connectivity index (χ4v) is 4.44. The average molecular weight is 612 g/mol. The van der Waals surface area contributed by atoms with E-state index >= 15 is 0 Å². The van der Waals surface area contributed by atoms with Gasteiger partial charge in [-0.25, -0.2) is 24.5 Å². The largest absolute Gasteiger partial charge is 0.477 e. The van der Waals surface area contributed by atoms with Gasteiger partial charge in [0.05, 0.1) is 13.1 Å². The fourth-order valence-electron chi connectivity index (χ4n) is 4.44. The van der Waals surface area contributed by atoms with Crippen LogP contribution in [0.3, 0.4) is 0 Å². The molecule has 0 radical (unpaired) electrons. The van der Waals surface area contributed by atoms with Gasteiger partial charge in [-0.2, -0.15) is 12.6 Å². The third-order valence-electron chi connectivity index (χ3n) is 6.28. The minimum absolute atomic E-state index is 0.0136. The normalized spacial score (nSPS) is 19.3.